The minimum absolute atomic E-state index is 0.231. The van der Waals surface area contributed by atoms with Gasteiger partial charge in [0.25, 0.3) is 0 Å². The number of nitrogens with zero attached hydrogens (tertiary/aromatic N) is 2. The molecule has 4 nitrogen and oxygen atoms in total. The van der Waals surface area contributed by atoms with Crippen LogP contribution >= 0.6 is 0 Å². The molecule has 126 valence electrons. The maximum Gasteiger partial charge on any atom is 0.131 e. The quantitative estimate of drug-likeness (QED) is 0.867. The van der Waals surface area contributed by atoms with Crippen molar-refractivity contribution in [3.63, 3.8) is 0 Å². The highest BCUT2D eigenvalue weighted by molar-refractivity contribution is 5.93. The van der Waals surface area contributed by atoms with Gasteiger partial charge in [-0.25, -0.2) is 8.78 Å². The highest BCUT2D eigenvalue weighted by Gasteiger charge is 2.26. The molecule has 2 N–H and O–H groups in total. The Labute approximate surface area is 135 Å². The number of hydrogen-bond donors (Lipinski definition) is 1. The van der Waals surface area contributed by atoms with Gasteiger partial charge in [-0.2, -0.15) is 0 Å². The lowest BCUT2D eigenvalue weighted by molar-refractivity contribution is 0.110. The van der Waals surface area contributed by atoms with Gasteiger partial charge in [-0.15, -0.1) is 0 Å². The molecule has 2 rings (SSSR count). The first-order valence-corrected chi connectivity index (χ1v) is 7.71. The van der Waals surface area contributed by atoms with Crippen LogP contribution in [0.3, 0.4) is 0 Å². The lowest BCUT2D eigenvalue weighted by Gasteiger charge is -2.32. The van der Waals surface area contributed by atoms with E-state index in [2.05, 4.69) is 9.89 Å². The van der Waals surface area contributed by atoms with Crippen molar-refractivity contribution in [2.75, 3.05) is 26.4 Å². The van der Waals surface area contributed by atoms with Gasteiger partial charge < -0.3 is 15.4 Å². The van der Waals surface area contributed by atoms with Crippen molar-refractivity contribution in [3.8, 4) is 0 Å². The summed E-state index contributed by atoms with van der Waals surface area (Å²) in [4.78, 5) is 6.23. The van der Waals surface area contributed by atoms with E-state index in [9.17, 15) is 8.78 Å². The number of aliphatic imine (C=N–C) groups is 1. The van der Waals surface area contributed by atoms with E-state index in [1.807, 2.05) is 19.9 Å². The van der Waals surface area contributed by atoms with Gasteiger partial charge in [0.15, 0.2) is 0 Å². The summed E-state index contributed by atoms with van der Waals surface area (Å²) in [5, 5.41) is 0. The number of halogens is 2. The van der Waals surface area contributed by atoms with Crippen molar-refractivity contribution in [2.45, 2.75) is 26.3 Å². The zero-order chi connectivity index (χ0) is 16.8. The summed E-state index contributed by atoms with van der Waals surface area (Å²) < 4.78 is 33.0. The van der Waals surface area contributed by atoms with E-state index in [-0.39, 0.29) is 12.7 Å². The van der Waals surface area contributed by atoms with Crippen molar-refractivity contribution in [1.82, 2.24) is 4.90 Å². The maximum absolute atomic E-state index is 14.2. The molecule has 6 heteroatoms. The van der Waals surface area contributed by atoms with Gasteiger partial charge >= 0.3 is 0 Å². The van der Waals surface area contributed by atoms with E-state index < -0.39 is 11.6 Å². The Morgan fingerprint density at radius 1 is 1.43 bits per heavy atom. The Morgan fingerprint density at radius 3 is 2.91 bits per heavy atom. The summed E-state index contributed by atoms with van der Waals surface area (Å²) >= 11 is 0. The van der Waals surface area contributed by atoms with Crippen molar-refractivity contribution < 1.29 is 13.5 Å². The van der Waals surface area contributed by atoms with Crippen molar-refractivity contribution in [3.05, 3.63) is 47.2 Å². The molecule has 1 atom stereocenters. The zero-order valence-electron chi connectivity index (χ0n) is 13.6. The minimum atomic E-state index is -0.578. The molecule has 1 aliphatic rings. The van der Waals surface area contributed by atoms with Crippen molar-refractivity contribution in [2.24, 2.45) is 10.7 Å². The zero-order valence-corrected chi connectivity index (χ0v) is 13.6. The van der Waals surface area contributed by atoms with Crippen LogP contribution in [0.1, 0.15) is 31.9 Å². The number of ether oxygens (including phenoxy) is 1. The van der Waals surface area contributed by atoms with Gasteiger partial charge in [-0.3, -0.25) is 4.99 Å². The first-order chi connectivity index (χ1) is 11.0. The number of allylic oxidation sites excluding steroid dienone is 2. The summed E-state index contributed by atoms with van der Waals surface area (Å²) in [5.41, 5.74) is 7.64. The molecule has 0 radical (unpaired) electrons. The second-order valence-corrected chi connectivity index (χ2v) is 5.57. The predicted molar refractivity (Wildman–Crippen MR) is 87.2 cm³/mol. The van der Waals surface area contributed by atoms with E-state index in [1.54, 1.807) is 0 Å². The standard InChI is InChI=1S/C17H23F2N3O/c1-12(21-11-20)8-13(2)22-6-3-7-23-10-17(22)15-5-4-14(18)9-16(15)19/h4-5,8-9,17H,3,6-7,10-11,20H2,1-2H3/b13-8+,21-12-/t17-/m1/s1. The molecule has 1 aromatic carbocycles. The fourth-order valence-corrected chi connectivity index (χ4v) is 2.80. The third-order valence-corrected chi connectivity index (χ3v) is 3.87. The van der Waals surface area contributed by atoms with Crippen molar-refractivity contribution in [1.29, 1.82) is 0 Å². The van der Waals surface area contributed by atoms with E-state index in [0.29, 0.717) is 18.8 Å². The highest BCUT2D eigenvalue weighted by Crippen LogP contribution is 2.29. The van der Waals surface area contributed by atoms with Crippen LogP contribution < -0.4 is 5.73 Å². The molecule has 23 heavy (non-hydrogen) atoms. The summed E-state index contributed by atoms with van der Waals surface area (Å²) in [7, 11) is 0. The first-order valence-electron chi connectivity index (χ1n) is 7.71. The Bertz CT molecular complexity index is 602. The number of nitrogens with two attached hydrogens (primary N) is 1. The van der Waals surface area contributed by atoms with Crippen LogP contribution in [-0.4, -0.2) is 37.0 Å². The molecule has 0 amide bonds. The molecule has 0 saturated carbocycles. The fourth-order valence-electron chi connectivity index (χ4n) is 2.80. The Balaban J connectivity index is 2.35. The van der Waals surface area contributed by atoms with E-state index in [0.717, 1.165) is 30.4 Å². The third-order valence-electron chi connectivity index (χ3n) is 3.87. The van der Waals surface area contributed by atoms with Gasteiger partial charge in [0.1, 0.15) is 11.6 Å². The Kier molecular flexibility index (Phi) is 6.24. The Morgan fingerprint density at radius 2 is 2.22 bits per heavy atom. The monoisotopic (exact) mass is 323 g/mol. The topological polar surface area (TPSA) is 50.8 Å². The molecule has 1 aromatic rings. The highest BCUT2D eigenvalue weighted by atomic mass is 19.1. The minimum Gasteiger partial charge on any atom is -0.379 e. The van der Waals surface area contributed by atoms with Crippen LogP contribution in [0.25, 0.3) is 0 Å². The average Bonchev–Trinajstić information content (AvgIpc) is 2.73. The van der Waals surface area contributed by atoms with Crippen LogP contribution in [0.4, 0.5) is 8.78 Å². The van der Waals surface area contributed by atoms with E-state index in [4.69, 9.17) is 10.5 Å². The van der Waals surface area contributed by atoms with Gasteiger partial charge in [0.05, 0.1) is 19.3 Å². The first kappa shape index (κ1) is 17.6. The largest absolute Gasteiger partial charge is 0.379 e. The van der Waals surface area contributed by atoms with E-state index >= 15 is 0 Å². The second-order valence-electron chi connectivity index (χ2n) is 5.57. The summed E-state index contributed by atoms with van der Waals surface area (Å²) in [6.45, 7) is 5.78. The summed E-state index contributed by atoms with van der Waals surface area (Å²) in [6, 6.07) is 3.39. The number of rotatable bonds is 4. The smallest absolute Gasteiger partial charge is 0.131 e. The summed E-state index contributed by atoms with van der Waals surface area (Å²) in [5.74, 6) is -1.13. The van der Waals surface area contributed by atoms with E-state index in [1.165, 1.54) is 12.1 Å². The van der Waals surface area contributed by atoms with Crippen LogP contribution in [0, 0.1) is 11.6 Å². The van der Waals surface area contributed by atoms with Crippen LogP contribution in [0.2, 0.25) is 0 Å². The van der Waals surface area contributed by atoms with Gasteiger partial charge in [-0.05, 0) is 32.4 Å². The molecule has 0 spiro atoms. The van der Waals surface area contributed by atoms with Gasteiger partial charge in [0.2, 0.25) is 0 Å². The lowest BCUT2D eigenvalue weighted by Crippen LogP contribution is -2.30. The molecule has 0 aromatic heterocycles. The maximum atomic E-state index is 14.2. The second kappa shape index (κ2) is 8.17. The molecule has 0 bridgehead atoms. The number of benzene rings is 1. The molecule has 1 saturated heterocycles. The molecular formula is C17H23F2N3O. The van der Waals surface area contributed by atoms with Crippen LogP contribution in [0.5, 0.6) is 0 Å². The molecule has 0 unspecified atom stereocenters. The molecule has 1 fully saturated rings. The Hall–Kier alpha value is -1.79. The fraction of sp³-hybridized carbons (Fsp3) is 0.471. The normalized spacial score (nSPS) is 20.6. The number of hydrogen-bond acceptors (Lipinski definition) is 4. The SMILES string of the molecule is CC(/C=C(\C)N1CCCOC[C@@H]1c1ccc(F)cc1F)=N/CN. The van der Waals surface area contributed by atoms with Gasteiger partial charge in [-0.1, -0.05) is 6.07 Å². The molecule has 1 heterocycles. The van der Waals surface area contributed by atoms with Crippen molar-refractivity contribution >= 4 is 5.71 Å². The van der Waals surface area contributed by atoms with Gasteiger partial charge in [0, 0.05) is 36.2 Å². The third kappa shape index (κ3) is 4.59. The van der Waals surface area contributed by atoms with Crippen LogP contribution in [0.15, 0.2) is 35.0 Å². The predicted octanol–water partition coefficient (Wildman–Crippen LogP) is 3.01. The average molecular weight is 323 g/mol. The molecule has 0 aliphatic carbocycles. The van der Waals surface area contributed by atoms with Crippen LogP contribution in [-0.2, 0) is 4.74 Å². The molecular weight excluding hydrogens is 300 g/mol. The lowest BCUT2D eigenvalue weighted by atomic mass is 10.0. The molecule has 1 aliphatic heterocycles. The summed E-state index contributed by atoms with van der Waals surface area (Å²) in [6.07, 6.45) is 2.77.